The zero-order valence-electron chi connectivity index (χ0n) is 16.1. The van der Waals surface area contributed by atoms with E-state index in [-0.39, 0.29) is 30.1 Å². The highest BCUT2D eigenvalue weighted by Gasteiger charge is 2.42. The molecular weight excluding hydrogens is 418 g/mol. The van der Waals surface area contributed by atoms with Gasteiger partial charge in [-0.25, -0.2) is 0 Å². The van der Waals surface area contributed by atoms with E-state index < -0.39 is 5.41 Å². The molecule has 1 heterocycles. The zero-order valence-corrected chi connectivity index (χ0v) is 17.7. The van der Waals surface area contributed by atoms with Gasteiger partial charge in [-0.3, -0.25) is 4.79 Å². The van der Waals surface area contributed by atoms with E-state index in [2.05, 4.69) is 5.16 Å². The Balaban J connectivity index is 1.60. The molecule has 0 unspecified atom stereocenters. The third kappa shape index (κ3) is 4.18. The molecule has 3 aromatic rings. The van der Waals surface area contributed by atoms with E-state index in [0.29, 0.717) is 10.8 Å². The Morgan fingerprint density at radius 2 is 1.63 bits per heavy atom. The quantitative estimate of drug-likeness (QED) is 0.376. The summed E-state index contributed by atoms with van der Waals surface area (Å²) in [5.41, 5.74) is 1.58. The standard InChI is InChI=1S/C24H20ClNO3S/c25-23-12-11-19(30-23)16-29-26-15-20-21(27)13-24(14-22(20)28,17-7-3-1-4-8-17)18-9-5-2-6-10-18/h1-12,15,27H,13-14,16H2/b26-15+. The summed E-state index contributed by atoms with van der Waals surface area (Å²) in [6.07, 6.45) is 1.87. The van der Waals surface area contributed by atoms with E-state index >= 15 is 0 Å². The molecule has 0 aliphatic heterocycles. The third-order valence-electron chi connectivity index (χ3n) is 5.29. The number of nitrogens with zero attached hydrogens (tertiary/aromatic N) is 1. The van der Waals surface area contributed by atoms with Crippen molar-refractivity contribution in [2.45, 2.75) is 24.9 Å². The Morgan fingerprint density at radius 3 is 2.17 bits per heavy atom. The lowest BCUT2D eigenvalue weighted by Gasteiger charge is -2.37. The number of halogens is 1. The van der Waals surface area contributed by atoms with Crippen molar-refractivity contribution < 1.29 is 14.7 Å². The Bertz CT molecular complexity index is 1050. The highest BCUT2D eigenvalue weighted by Crippen LogP contribution is 2.44. The molecule has 0 radical (unpaired) electrons. The number of allylic oxidation sites excluding steroid dienone is 2. The molecule has 4 rings (SSSR count). The number of hydrogen-bond donors (Lipinski definition) is 1. The first kappa shape index (κ1) is 20.4. The summed E-state index contributed by atoms with van der Waals surface area (Å²) in [6.45, 7) is 0.258. The van der Waals surface area contributed by atoms with Crippen LogP contribution in [-0.2, 0) is 21.7 Å². The number of aliphatic hydroxyl groups is 1. The fourth-order valence-corrected chi connectivity index (χ4v) is 4.82. The number of aliphatic hydroxyl groups excluding tert-OH is 1. The zero-order chi connectivity index (χ0) is 21.0. The summed E-state index contributed by atoms with van der Waals surface area (Å²) in [6, 6.07) is 23.4. The Labute approximate surface area is 184 Å². The van der Waals surface area contributed by atoms with Gasteiger partial charge in [-0.2, -0.15) is 0 Å². The van der Waals surface area contributed by atoms with Gasteiger partial charge in [-0.15, -0.1) is 11.3 Å². The van der Waals surface area contributed by atoms with Crippen LogP contribution in [0, 0.1) is 0 Å². The van der Waals surface area contributed by atoms with Crippen molar-refractivity contribution in [1.82, 2.24) is 0 Å². The SMILES string of the molecule is O=C1CC(c2ccccc2)(c2ccccc2)CC(O)=C1/C=N/OCc1ccc(Cl)s1. The number of thiophene rings is 1. The molecule has 30 heavy (non-hydrogen) atoms. The highest BCUT2D eigenvalue weighted by molar-refractivity contribution is 7.16. The van der Waals surface area contributed by atoms with E-state index in [1.54, 1.807) is 6.07 Å². The molecule has 1 aromatic heterocycles. The van der Waals surface area contributed by atoms with Crippen LogP contribution < -0.4 is 0 Å². The van der Waals surface area contributed by atoms with Gasteiger partial charge in [-0.05, 0) is 23.3 Å². The fourth-order valence-electron chi connectivity index (χ4n) is 3.83. The van der Waals surface area contributed by atoms with Crippen LogP contribution in [0.5, 0.6) is 0 Å². The second kappa shape index (κ2) is 8.86. The summed E-state index contributed by atoms with van der Waals surface area (Å²) in [4.78, 5) is 19.3. The molecule has 0 fully saturated rings. The minimum absolute atomic E-state index is 0.0190. The molecule has 1 N–H and O–H groups in total. The van der Waals surface area contributed by atoms with Crippen LogP contribution in [-0.4, -0.2) is 17.1 Å². The average Bonchev–Trinajstić information content (AvgIpc) is 3.18. The van der Waals surface area contributed by atoms with Gasteiger partial charge in [0.15, 0.2) is 12.4 Å². The van der Waals surface area contributed by atoms with Crippen LogP contribution in [0.4, 0.5) is 0 Å². The predicted molar refractivity (Wildman–Crippen MR) is 120 cm³/mol. The van der Waals surface area contributed by atoms with Gasteiger partial charge >= 0.3 is 0 Å². The van der Waals surface area contributed by atoms with Gasteiger partial charge < -0.3 is 9.94 Å². The number of rotatable bonds is 6. The topological polar surface area (TPSA) is 58.9 Å². The van der Waals surface area contributed by atoms with Crippen LogP contribution in [0.15, 0.2) is 89.3 Å². The third-order valence-corrected chi connectivity index (χ3v) is 6.49. The van der Waals surface area contributed by atoms with Crippen LogP contribution in [0.2, 0.25) is 4.34 Å². The smallest absolute Gasteiger partial charge is 0.169 e. The maximum Gasteiger partial charge on any atom is 0.169 e. The molecule has 6 heteroatoms. The molecule has 1 aliphatic carbocycles. The van der Waals surface area contributed by atoms with Crippen LogP contribution in [0.1, 0.15) is 28.8 Å². The van der Waals surface area contributed by atoms with Crippen LogP contribution in [0.25, 0.3) is 0 Å². The minimum Gasteiger partial charge on any atom is -0.511 e. The van der Waals surface area contributed by atoms with Gasteiger partial charge in [0.2, 0.25) is 0 Å². The maximum atomic E-state index is 13.1. The Hall–Kier alpha value is -2.89. The van der Waals surface area contributed by atoms with Gasteiger partial charge in [0.1, 0.15) is 5.76 Å². The summed E-state index contributed by atoms with van der Waals surface area (Å²) in [7, 11) is 0. The van der Waals surface area contributed by atoms with Gasteiger partial charge in [0.25, 0.3) is 0 Å². The van der Waals surface area contributed by atoms with Crippen molar-refractivity contribution >= 4 is 34.9 Å². The van der Waals surface area contributed by atoms with E-state index in [4.69, 9.17) is 16.4 Å². The van der Waals surface area contributed by atoms with Crippen LogP contribution in [0.3, 0.4) is 0 Å². The molecule has 1 aliphatic rings. The number of carbonyl (C=O) groups is 1. The number of benzene rings is 2. The van der Waals surface area contributed by atoms with Crippen molar-refractivity contribution in [3.05, 3.63) is 104 Å². The molecule has 0 spiro atoms. The summed E-state index contributed by atoms with van der Waals surface area (Å²) >= 11 is 7.31. The first-order valence-corrected chi connectivity index (χ1v) is 10.7. The molecule has 0 amide bonds. The average molecular weight is 438 g/mol. The molecule has 2 aromatic carbocycles. The van der Waals surface area contributed by atoms with E-state index in [1.807, 2.05) is 66.7 Å². The van der Waals surface area contributed by atoms with Gasteiger partial charge in [0, 0.05) is 23.1 Å². The molecule has 0 saturated heterocycles. The predicted octanol–water partition coefficient (Wildman–Crippen LogP) is 6.07. The second-order valence-corrected chi connectivity index (χ2v) is 8.96. The van der Waals surface area contributed by atoms with Crippen molar-refractivity contribution in [3.8, 4) is 0 Å². The summed E-state index contributed by atoms with van der Waals surface area (Å²) in [5.74, 6) is -0.150. The number of oxime groups is 1. The van der Waals surface area contributed by atoms with Crippen molar-refractivity contribution in [2.24, 2.45) is 5.16 Å². The number of hydrogen-bond acceptors (Lipinski definition) is 5. The van der Waals surface area contributed by atoms with Crippen molar-refractivity contribution in [3.63, 3.8) is 0 Å². The Morgan fingerprint density at radius 1 is 1.00 bits per heavy atom. The minimum atomic E-state index is -0.615. The Kier molecular flexibility index (Phi) is 6.02. The first-order chi connectivity index (χ1) is 14.6. The van der Waals surface area contributed by atoms with Crippen LogP contribution >= 0.6 is 22.9 Å². The lowest BCUT2D eigenvalue weighted by Crippen LogP contribution is -2.36. The lowest BCUT2D eigenvalue weighted by atomic mass is 9.65. The van der Waals surface area contributed by atoms with E-state index in [9.17, 15) is 9.90 Å². The lowest BCUT2D eigenvalue weighted by molar-refractivity contribution is -0.116. The molecule has 0 atom stereocenters. The summed E-state index contributed by atoms with van der Waals surface area (Å²) in [5, 5.41) is 14.7. The largest absolute Gasteiger partial charge is 0.511 e. The monoisotopic (exact) mass is 437 g/mol. The van der Waals surface area contributed by atoms with Gasteiger partial charge in [0.05, 0.1) is 16.1 Å². The normalized spacial score (nSPS) is 16.2. The van der Waals surface area contributed by atoms with Crippen molar-refractivity contribution in [1.29, 1.82) is 0 Å². The second-order valence-electron chi connectivity index (χ2n) is 7.17. The molecule has 0 saturated carbocycles. The molecule has 152 valence electrons. The van der Waals surface area contributed by atoms with Gasteiger partial charge in [-0.1, -0.05) is 77.4 Å². The molecule has 0 bridgehead atoms. The number of ketones is 1. The number of carbonyl (C=O) groups excluding carboxylic acids is 1. The molecule has 4 nitrogen and oxygen atoms in total. The van der Waals surface area contributed by atoms with E-state index in [1.165, 1.54) is 17.6 Å². The fraction of sp³-hybridized carbons (Fsp3) is 0.167. The van der Waals surface area contributed by atoms with E-state index in [0.717, 1.165) is 16.0 Å². The van der Waals surface area contributed by atoms with Crippen molar-refractivity contribution in [2.75, 3.05) is 0 Å². The maximum absolute atomic E-state index is 13.1. The number of Topliss-reactive ketones (excluding diaryl/α,β-unsaturated/α-hetero) is 1. The summed E-state index contributed by atoms with van der Waals surface area (Å²) < 4.78 is 0.679. The molecular formula is C24H20ClNO3S. The highest BCUT2D eigenvalue weighted by atomic mass is 35.5. The first-order valence-electron chi connectivity index (χ1n) is 9.54.